The lowest BCUT2D eigenvalue weighted by molar-refractivity contribution is 0.560. The van der Waals surface area contributed by atoms with Gasteiger partial charge < -0.3 is 0 Å². The molecule has 0 aliphatic rings. The summed E-state index contributed by atoms with van der Waals surface area (Å²) >= 11 is 0. The number of hydrogen-bond acceptors (Lipinski definition) is 0. The Kier molecular flexibility index (Phi) is 8.32. The van der Waals surface area contributed by atoms with Crippen molar-refractivity contribution in [1.82, 2.24) is 0 Å². The van der Waals surface area contributed by atoms with Crippen LogP contribution in [0.3, 0.4) is 0 Å². The average molecular weight is 317 g/mol. The molecule has 0 bridgehead atoms. The van der Waals surface area contributed by atoms with Gasteiger partial charge in [-0.2, -0.15) is 0 Å². The van der Waals surface area contributed by atoms with E-state index in [0.29, 0.717) is 0 Å². The Balaban J connectivity index is 0.00000108. The van der Waals surface area contributed by atoms with E-state index in [4.69, 9.17) is 0 Å². The first-order chi connectivity index (χ1) is 10.2. The Morgan fingerprint density at radius 3 is 1.48 bits per heavy atom. The maximum absolute atomic E-state index is 3.56. The minimum Gasteiger partial charge on any atom is -0.100 e. The fraction of sp³-hybridized carbons (Fsp3) is 0.652. The van der Waals surface area contributed by atoms with Crippen LogP contribution in [0, 0.1) is 5.92 Å². The molecule has 0 radical (unpaired) electrons. The highest BCUT2D eigenvalue weighted by atomic mass is 14.2. The smallest absolute Gasteiger partial charge is 0.0132 e. The van der Waals surface area contributed by atoms with E-state index < -0.39 is 0 Å². The second-order valence-corrected chi connectivity index (χ2v) is 9.56. The Morgan fingerprint density at radius 2 is 1.22 bits per heavy atom. The molecule has 0 saturated heterocycles. The maximum Gasteiger partial charge on any atom is -0.0132 e. The van der Waals surface area contributed by atoms with Crippen molar-refractivity contribution in [3.05, 3.63) is 47.0 Å². The van der Waals surface area contributed by atoms with Crippen LogP contribution >= 0.6 is 0 Å². The van der Waals surface area contributed by atoms with E-state index in [1.807, 2.05) is 13.8 Å². The Labute approximate surface area is 146 Å². The van der Waals surface area contributed by atoms with Gasteiger partial charge in [-0.3, -0.25) is 0 Å². The van der Waals surface area contributed by atoms with Gasteiger partial charge in [-0.05, 0) is 60.1 Å². The molecule has 1 aromatic rings. The van der Waals surface area contributed by atoms with E-state index in [-0.39, 0.29) is 10.8 Å². The van der Waals surface area contributed by atoms with Gasteiger partial charge in [0.25, 0.3) is 0 Å². The van der Waals surface area contributed by atoms with E-state index >= 15 is 0 Å². The van der Waals surface area contributed by atoms with E-state index in [0.717, 1.165) is 5.92 Å². The van der Waals surface area contributed by atoms with Gasteiger partial charge in [-0.25, -0.2) is 0 Å². The molecule has 0 heterocycles. The molecule has 0 aromatic heterocycles. The predicted molar refractivity (Wildman–Crippen MR) is 107 cm³/mol. The summed E-state index contributed by atoms with van der Waals surface area (Å²) in [5, 5.41) is 0. The monoisotopic (exact) mass is 316 g/mol. The molecule has 23 heavy (non-hydrogen) atoms. The topological polar surface area (TPSA) is 0 Å². The minimum atomic E-state index is 0.230. The van der Waals surface area contributed by atoms with Crippen LogP contribution in [0.1, 0.15) is 92.3 Å². The summed E-state index contributed by atoms with van der Waals surface area (Å²) in [5.41, 5.74) is 6.07. The van der Waals surface area contributed by atoms with Crippen LogP contribution < -0.4 is 0 Å². The molecule has 0 saturated carbocycles. The highest BCUT2D eigenvalue weighted by Gasteiger charge is 2.20. The predicted octanol–water partition coefficient (Wildman–Crippen LogP) is 7.45. The van der Waals surface area contributed by atoms with Crippen LogP contribution in [-0.2, 0) is 17.3 Å². The zero-order chi connectivity index (χ0) is 18.4. The summed E-state index contributed by atoms with van der Waals surface area (Å²) in [7, 11) is 0. The molecule has 0 unspecified atom stereocenters. The lowest BCUT2D eigenvalue weighted by atomic mass is 9.79. The van der Waals surface area contributed by atoms with Crippen molar-refractivity contribution in [1.29, 1.82) is 0 Å². The van der Waals surface area contributed by atoms with Gasteiger partial charge in [0.05, 0.1) is 0 Å². The largest absolute Gasteiger partial charge is 0.100 e. The molecule has 0 fully saturated rings. The van der Waals surface area contributed by atoms with Crippen LogP contribution in [0.15, 0.2) is 30.4 Å². The van der Waals surface area contributed by atoms with Gasteiger partial charge >= 0.3 is 0 Å². The second kappa shape index (κ2) is 8.71. The summed E-state index contributed by atoms with van der Waals surface area (Å²) in [6, 6.07) is 7.23. The molecule has 0 nitrogen and oxygen atoms in total. The zero-order valence-corrected chi connectivity index (χ0v) is 17.4. The minimum absolute atomic E-state index is 0.230. The van der Waals surface area contributed by atoms with Gasteiger partial charge in [0.1, 0.15) is 0 Å². The molecule has 0 heteroatoms. The van der Waals surface area contributed by atoms with Crippen molar-refractivity contribution in [2.24, 2.45) is 5.92 Å². The summed E-state index contributed by atoms with van der Waals surface area (Å²) in [5.74, 6) is 0.774. The van der Waals surface area contributed by atoms with E-state index in [9.17, 15) is 0 Å². The Morgan fingerprint density at radius 1 is 0.870 bits per heavy atom. The molecule has 1 rings (SSSR count). The normalized spacial score (nSPS) is 12.0. The molecular weight excluding hydrogens is 276 g/mol. The summed E-state index contributed by atoms with van der Waals surface area (Å²) < 4.78 is 0. The SMILES string of the molecule is C=C(C)C.CC(C)CCc1cc(C(C)(C)C)cc(C(C)(C)C)c1. The van der Waals surface area contributed by atoms with E-state index in [1.165, 1.54) is 35.1 Å². The molecule has 0 N–H and O–H groups in total. The van der Waals surface area contributed by atoms with Crippen LogP contribution in [0.5, 0.6) is 0 Å². The highest BCUT2D eigenvalue weighted by molar-refractivity contribution is 5.37. The third-order valence-corrected chi connectivity index (χ3v) is 3.74. The van der Waals surface area contributed by atoms with Crippen molar-refractivity contribution < 1.29 is 0 Å². The van der Waals surface area contributed by atoms with Crippen molar-refractivity contribution in [2.45, 2.75) is 92.9 Å². The number of aryl methyl sites for hydroxylation is 1. The van der Waals surface area contributed by atoms with Gasteiger partial charge in [-0.1, -0.05) is 79.2 Å². The van der Waals surface area contributed by atoms with Crippen LogP contribution in [0.25, 0.3) is 0 Å². The zero-order valence-electron chi connectivity index (χ0n) is 17.4. The molecule has 0 atom stereocenters. The molecule has 0 aliphatic carbocycles. The molecular formula is C23H40. The summed E-state index contributed by atoms with van der Waals surface area (Å²) in [4.78, 5) is 0. The highest BCUT2D eigenvalue weighted by Crippen LogP contribution is 2.30. The number of allylic oxidation sites excluding steroid dienone is 1. The lowest BCUT2D eigenvalue weighted by Gasteiger charge is -2.26. The summed E-state index contributed by atoms with van der Waals surface area (Å²) in [6.45, 7) is 25.9. The summed E-state index contributed by atoms with van der Waals surface area (Å²) in [6.07, 6.45) is 2.47. The lowest BCUT2D eigenvalue weighted by Crippen LogP contribution is -2.17. The van der Waals surface area contributed by atoms with E-state index in [1.54, 1.807) is 0 Å². The average Bonchev–Trinajstić information content (AvgIpc) is 2.33. The van der Waals surface area contributed by atoms with Crippen LogP contribution in [0.4, 0.5) is 0 Å². The fourth-order valence-electron chi connectivity index (χ4n) is 2.16. The van der Waals surface area contributed by atoms with Gasteiger partial charge in [0, 0.05) is 0 Å². The standard InChI is InChI=1S/C19H32.C4H8/c1-14(2)9-10-15-11-16(18(3,4)5)13-17(12-15)19(6,7)8;1-4(2)3/h11-14H,9-10H2,1-8H3;1H2,2-3H3. The Hall–Kier alpha value is -1.04. The first-order valence-corrected chi connectivity index (χ1v) is 9.00. The van der Waals surface area contributed by atoms with Crippen molar-refractivity contribution in [2.75, 3.05) is 0 Å². The van der Waals surface area contributed by atoms with E-state index in [2.05, 4.69) is 80.2 Å². The second-order valence-electron chi connectivity index (χ2n) is 9.56. The van der Waals surface area contributed by atoms with Gasteiger partial charge in [0.2, 0.25) is 0 Å². The van der Waals surface area contributed by atoms with Crippen LogP contribution in [0.2, 0.25) is 0 Å². The molecule has 0 amide bonds. The first-order valence-electron chi connectivity index (χ1n) is 9.00. The molecule has 1 aromatic carbocycles. The Bertz CT molecular complexity index is 454. The quantitative estimate of drug-likeness (QED) is 0.508. The number of benzene rings is 1. The van der Waals surface area contributed by atoms with Crippen molar-refractivity contribution in [3.63, 3.8) is 0 Å². The number of rotatable bonds is 3. The van der Waals surface area contributed by atoms with Crippen LogP contribution in [-0.4, -0.2) is 0 Å². The molecule has 0 aliphatic heterocycles. The molecule has 0 spiro atoms. The third-order valence-electron chi connectivity index (χ3n) is 3.74. The molecule has 132 valence electrons. The van der Waals surface area contributed by atoms with Gasteiger partial charge in [0.15, 0.2) is 0 Å². The fourth-order valence-corrected chi connectivity index (χ4v) is 2.16. The number of hydrogen-bond donors (Lipinski definition) is 0. The van der Waals surface area contributed by atoms with Crippen molar-refractivity contribution >= 4 is 0 Å². The first kappa shape index (κ1) is 22.0. The third kappa shape index (κ3) is 9.64. The van der Waals surface area contributed by atoms with Gasteiger partial charge in [-0.15, -0.1) is 6.58 Å². The maximum atomic E-state index is 3.56. The van der Waals surface area contributed by atoms with Crippen molar-refractivity contribution in [3.8, 4) is 0 Å².